The van der Waals surface area contributed by atoms with Crippen molar-refractivity contribution >= 4 is 23.0 Å². The van der Waals surface area contributed by atoms with Gasteiger partial charge in [0, 0.05) is 18.7 Å². The van der Waals surface area contributed by atoms with E-state index < -0.39 is 23.5 Å². The fourth-order valence-corrected chi connectivity index (χ4v) is 4.61. The number of amides is 1. The van der Waals surface area contributed by atoms with E-state index in [0.717, 1.165) is 5.01 Å². The lowest BCUT2D eigenvalue weighted by Crippen LogP contribution is -2.36. The van der Waals surface area contributed by atoms with Crippen molar-refractivity contribution in [3.05, 3.63) is 50.7 Å². The SMILES string of the molecule is COc1cccc([C@H]2C(C(=O)c3sc(C)nc3C)=C(O)C(=O)N2CCN(C)C)c1OC. The third-order valence-corrected chi connectivity index (χ3v) is 6.25. The molecule has 9 heteroatoms. The maximum atomic E-state index is 13.5. The van der Waals surface area contributed by atoms with E-state index in [9.17, 15) is 14.7 Å². The molecule has 1 aliphatic heterocycles. The van der Waals surface area contributed by atoms with Gasteiger partial charge in [0.1, 0.15) is 0 Å². The highest BCUT2D eigenvalue weighted by molar-refractivity contribution is 7.14. The first-order valence-corrected chi connectivity index (χ1v) is 10.6. The number of methoxy groups -OCH3 is 2. The molecule has 166 valence electrons. The number of hydrogen-bond donors (Lipinski definition) is 1. The van der Waals surface area contributed by atoms with Gasteiger partial charge in [0.2, 0.25) is 5.78 Å². The minimum Gasteiger partial charge on any atom is -0.503 e. The summed E-state index contributed by atoms with van der Waals surface area (Å²) in [6.07, 6.45) is 0. The van der Waals surface area contributed by atoms with Gasteiger partial charge in [-0.2, -0.15) is 0 Å². The van der Waals surface area contributed by atoms with Crippen molar-refractivity contribution in [2.75, 3.05) is 41.4 Å². The Labute approximate surface area is 185 Å². The summed E-state index contributed by atoms with van der Waals surface area (Å²) >= 11 is 1.25. The fraction of sp³-hybridized carbons (Fsp3) is 0.409. The molecule has 0 bridgehead atoms. The van der Waals surface area contributed by atoms with Gasteiger partial charge in [0.25, 0.3) is 5.91 Å². The van der Waals surface area contributed by atoms with Crippen LogP contribution in [0, 0.1) is 13.8 Å². The molecule has 2 heterocycles. The van der Waals surface area contributed by atoms with Crippen LogP contribution in [-0.4, -0.2) is 73.0 Å². The van der Waals surface area contributed by atoms with Gasteiger partial charge in [-0.05, 0) is 34.0 Å². The number of aliphatic hydroxyl groups excluding tert-OH is 1. The first kappa shape index (κ1) is 22.8. The monoisotopic (exact) mass is 445 g/mol. The van der Waals surface area contributed by atoms with E-state index >= 15 is 0 Å². The van der Waals surface area contributed by atoms with Gasteiger partial charge in [-0.15, -0.1) is 11.3 Å². The highest BCUT2D eigenvalue weighted by Crippen LogP contribution is 2.45. The van der Waals surface area contributed by atoms with Gasteiger partial charge in [0.15, 0.2) is 17.3 Å². The van der Waals surface area contributed by atoms with Crippen LogP contribution >= 0.6 is 11.3 Å². The molecular formula is C22H27N3O5S. The predicted molar refractivity (Wildman–Crippen MR) is 118 cm³/mol. The Kier molecular flexibility index (Phi) is 6.66. The number of thiazole rings is 1. The Morgan fingerprint density at radius 3 is 2.52 bits per heavy atom. The first-order chi connectivity index (χ1) is 14.7. The molecular weight excluding hydrogens is 418 g/mol. The number of Topliss-reactive ketones (excluding diaryl/α,β-unsaturated/α-hetero) is 1. The highest BCUT2D eigenvalue weighted by Gasteiger charge is 2.45. The molecule has 1 aromatic heterocycles. The average molecular weight is 446 g/mol. The average Bonchev–Trinajstić information content (AvgIpc) is 3.20. The van der Waals surface area contributed by atoms with Crippen LogP contribution in [0.15, 0.2) is 29.5 Å². The Bertz CT molecular complexity index is 1040. The van der Waals surface area contributed by atoms with Crippen LogP contribution in [-0.2, 0) is 4.79 Å². The number of likely N-dealkylation sites (N-methyl/N-ethyl adjacent to an activating group) is 1. The van der Waals surface area contributed by atoms with E-state index in [1.807, 2.05) is 25.9 Å². The number of ketones is 1. The lowest BCUT2D eigenvalue weighted by molar-refractivity contribution is -0.129. The number of hydrogen-bond acceptors (Lipinski definition) is 8. The number of carbonyl (C=O) groups excluding carboxylic acids is 2. The Morgan fingerprint density at radius 2 is 1.97 bits per heavy atom. The molecule has 0 unspecified atom stereocenters. The van der Waals surface area contributed by atoms with Crippen LogP contribution in [0.4, 0.5) is 0 Å². The minimum absolute atomic E-state index is 0.0297. The normalized spacial score (nSPS) is 16.4. The van der Waals surface area contributed by atoms with Crippen molar-refractivity contribution in [3.8, 4) is 11.5 Å². The van der Waals surface area contributed by atoms with Crippen LogP contribution in [0.3, 0.4) is 0 Å². The molecule has 0 saturated heterocycles. The van der Waals surface area contributed by atoms with Crippen LogP contribution < -0.4 is 9.47 Å². The van der Waals surface area contributed by atoms with Crippen molar-refractivity contribution in [3.63, 3.8) is 0 Å². The molecule has 0 radical (unpaired) electrons. The molecule has 3 rings (SSSR count). The standard InChI is InChI=1S/C22H27N3O5S/c1-12-21(31-13(2)23-12)18(26)16-17(14-8-7-9-15(29-5)20(14)30-6)25(11-10-24(3)4)22(28)19(16)27/h7-9,17,27H,10-11H2,1-6H3/t17-/m0/s1. The lowest BCUT2D eigenvalue weighted by Gasteiger charge is -2.29. The second-order valence-corrected chi connectivity index (χ2v) is 8.73. The quantitative estimate of drug-likeness (QED) is 0.625. The van der Waals surface area contributed by atoms with Crippen molar-refractivity contribution in [1.29, 1.82) is 0 Å². The summed E-state index contributed by atoms with van der Waals surface area (Å²) < 4.78 is 11.0. The molecule has 31 heavy (non-hydrogen) atoms. The van der Waals surface area contributed by atoms with E-state index in [1.165, 1.54) is 30.5 Å². The summed E-state index contributed by atoms with van der Waals surface area (Å²) in [5.74, 6) is -0.642. The number of carbonyl (C=O) groups is 2. The molecule has 1 atom stereocenters. The predicted octanol–water partition coefficient (Wildman–Crippen LogP) is 2.92. The molecule has 1 N–H and O–H groups in total. The summed E-state index contributed by atoms with van der Waals surface area (Å²) in [5, 5.41) is 11.6. The largest absolute Gasteiger partial charge is 0.503 e. The fourth-order valence-electron chi connectivity index (χ4n) is 3.74. The number of aliphatic hydroxyl groups is 1. The Hall–Kier alpha value is -2.91. The van der Waals surface area contributed by atoms with Crippen LogP contribution in [0.1, 0.15) is 32.0 Å². The molecule has 0 aliphatic carbocycles. The minimum atomic E-state index is -0.813. The summed E-state index contributed by atoms with van der Waals surface area (Å²) in [6.45, 7) is 4.44. The van der Waals surface area contributed by atoms with Gasteiger partial charge in [-0.25, -0.2) is 4.98 Å². The molecule has 0 fully saturated rings. The number of para-hydroxylation sites is 1. The maximum Gasteiger partial charge on any atom is 0.290 e. The van der Waals surface area contributed by atoms with Gasteiger partial charge < -0.3 is 24.4 Å². The van der Waals surface area contributed by atoms with Crippen molar-refractivity contribution in [2.45, 2.75) is 19.9 Å². The van der Waals surface area contributed by atoms with E-state index in [-0.39, 0.29) is 5.57 Å². The number of aryl methyl sites for hydroxylation is 2. The first-order valence-electron chi connectivity index (χ1n) is 9.79. The Morgan fingerprint density at radius 1 is 1.26 bits per heavy atom. The van der Waals surface area contributed by atoms with Gasteiger partial charge in [-0.3, -0.25) is 9.59 Å². The van der Waals surface area contributed by atoms with Crippen molar-refractivity contribution in [2.24, 2.45) is 0 Å². The summed E-state index contributed by atoms with van der Waals surface area (Å²) in [5.41, 5.74) is 1.17. The van der Waals surface area contributed by atoms with E-state index in [2.05, 4.69) is 4.98 Å². The highest BCUT2D eigenvalue weighted by atomic mass is 32.1. The van der Waals surface area contributed by atoms with E-state index in [0.29, 0.717) is 40.7 Å². The number of nitrogens with zero attached hydrogens (tertiary/aromatic N) is 3. The number of benzene rings is 1. The summed E-state index contributed by atoms with van der Waals surface area (Å²) in [4.78, 5) is 34.8. The molecule has 0 saturated carbocycles. The third-order valence-electron chi connectivity index (χ3n) is 5.17. The molecule has 1 aromatic carbocycles. The van der Waals surface area contributed by atoms with Gasteiger partial charge in [0.05, 0.1) is 41.4 Å². The Balaban J connectivity index is 2.19. The summed E-state index contributed by atoms with van der Waals surface area (Å²) in [6, 6.07) is 4.47. The zero-order valence-corrected chi connectivity index (χ0v) is 19.4. The van der Waals surface area contributed by atoms with Gasteiger partial charge in [-0.1, -0.05) is 12.1 Å². The van der Waals surface area contributed by atoms with E-state index in [1.54, 1.807) is 25.1 Å². The third kappa shape index (κ3) is 4.15. The second-order valence-electron chi connectivity index (χ2n) is 7.53. The zero-order valence-electron chi connectivity index (χ0n) is 18.6. The van der Waals surface area contributed by atoms with Crippen LogP contribution in [0.5, 0.6) is 11.5 Å². The summed E-state index contributed by atoms with van der Waals surface area (Å²) in [7, 11) is 6.81. The number of aromatic nitrogens is 1. The number of rotatable bonds is 8. The number of ether oxygens (including phenoxy) is 2. The maximum absolute atomic E-state index is 13.5. The van der Waals surface area contributed by atoms with Crippen molar-refractivity contribution < 1.29 is 24.2 Å². The topological polar surface area (TPSA) is 92.2 Å². The van der Waals surface area contributed by atoms with Crippen LogP contribution in [0.25, 0.3) is 0 Å². The smallest absolute Gasteiger partial charge is 0.290 e. The molecule has 0 spiro atoms. The molecule has 8 nitrogen and oxygen atoms in total. The van der Waals surface area contributed by atoms with Crippen molar-refractivity contribution in [1.82, 2.24) is 14.8 Å². The zero-order chi connectivity index (χ0) is 22.9. The van der Waals surface area contributed by atoms with Crippen LogP contribution in [0.2, 0.25) is 0 Å². The molecule has 1 aliphatic rings. The van der Waals surface area contributed by atoms with E-state index in [4.69, 9.17) is 9.47 Å². The molecule has 1 amide bonds. The molecule has 2 aromatic rings. The second kappa shape index (κ2) is 9.07. The lowest BCUT2D eigenvalue weighted by atomic mass is 9.94. The van der Waals surface area contributed by atoms with Gasteiger partial charge >= 0.3 is 0 Å².